The Kier molecular flexibility index (Phi) is 5.47. The highest BCUT2D eigenvalue weighted by Crippen LogP contribution is 2.42. The molecule has 0 saturated carbocycles. The molecule has 5 heterocycles. The van der Waals surface area contributed by atoms with Crippen LogP contribution in [0.15, 0.2) is 30.3 Å². The van der Waals surface area contributed by atoms with Gasteiger partial charge in [-0.2, -0.15) is 0 Å². The van der Waals surface area contributed by atoms with Crippen molar-refractivity contribution in [2.45, 2.75) is 45.1 Å². The van der Waals surface area contributed by atoms with Crippen molar-refractivity contribution >= 4 is 45.4 Å². The van der Waals surface area contributed by atoms with Crippen molar-refractivity contribution in [3.63, 3.8) is 0 Å². The van der Waals surface area contributed by atoms with Crippen LogP contribution in [0.5, 0.6) is 5.75 Å². The number of nitrogens with zero attached hydrogens (tertiary/aromatic N) is 5. The van der Waals surface area contributed by atoms with Crippen molar-refractivity contribution in [3.05, 3.63) is 40.9 Å². The fraction of sp³-hybridized carbons (Fsp3) is 0.440. The second-order valence-corrected chi connectivity index (χ2v) is 10.9. The Hall–Kier alpha value is -3.40. The van der Waals surface area contributed by atoms with Gasteiger partial charge in [0.25, 0.3) is 5.91 Å². The molecular weight excluding hydrogens is 462 g/mol. The Bertz CT molecular complexity index is 1250. The first kappa shape index (κ1) is 22.1. The van der Waals surface area contributed by atoms with Gasteiger partial charge >= 0.3 is 0 Å². The van der Waals surface area contributed by atoms with Crippen LogP contribution in [0.4, 0.5) is 28.1 Å². The number of nitrogens with one attached hydrogen (secondary N) is 2. The maximum absolute atomic E-state index is 12.6. The molecular formula is C25H29N7O2S. The molecule has 1 aromatic carbocycles. The quantitative estimate of drug-likeness (QED) is 0.559. The van der Waals surface area contributed by atoms with Crippen molar-refractivity contribution in [1.82, 2.24) is 20.5 Å². The molecule has 1 fully saturated rings. The largest absolute Gasteiger partial charge is 0.490 e. The molecule has 10 heteroatoms. The number of amides is 1. The number of rotatable bonds is 4. The van der Waals surface area contributed by atoms with Gasteiger partial charge in [-0.15, -0.1) is 10.2 Å². The third-order valence-corrected chi connectivity index (χ3v) is 7.73. The maximum atomic E-state index is 12.6. The molecule has 35 heavy (non-hydrogen) atoms. The van der Waals surface area contributed by atoms with E-state index >= 15 is 0 Å². The summed E-state index contributed by atoms with van der Waals surface area (Å²) in [6, 6.07) is 9.98. The first-order chi connectivity index (χ1) is 16.9. The van der Waals surface area contributed by atoms with E-state index in [1.165, 1.54) is 30.6 Å². The zero-order chi connectivity index (χ0) is 24.0. The number of thiazole rings is 1. The van der Waals surface area contributed by atoms with Gasteiger partial charge in [0.15, 0.2) is 16.8 Å². The summed E-state index contributed by atoms with van der Waals surface area (Å²) < 4.78 is 5.91. The van der Waals surface area contributed by atoms with Crippen molar-refractivity contribution in [2.24, 2.45) is 0 Å². The number of hydrogen-bond acceptors (Lipinski definition) is 9. The molecule has 0 aliphatic carbocycles. The van der Waals surface area contributed by atoms with E-state index in [1.807, 2.05) is 44.2 Å². The Morgan fingerprint density at radius 2 is 1.94 bits per heavy atom. The van der Waals surface area contributed by atoms with Crippen LogP contribution in [-0.2, 0) is 6.42 Å². The molecule has 2 aromatic heterocycles. The molecule has 0 unspecified atom stereocenters. The van der Waals surface area contributed by atoms with Gasteiger partial charge in [0, 0.05) is 30.7 Å². The minimum Gasteiger partial charge on any atom is -0.490 e. The molecule has 0 radical (unpaired) electrons. The number of ether oxygens (including phenoxy) is 1. The lowest BCUT2D eigenvalue weighted by molar-refractivity contribution is 0.0901. The average Bonchev–Trinajstić information content (AvgIpc) is 3.28. The normalized spacial score (nSPS) is 18.9. The van der Waals surface area contributed by atoms with E-state index in [1.54, 1.807) is 0 Å². The van der Waals surface area contributed by atoms with E-state index in [0.29, 0.717) is 23.8 Å². The first-order valence-corrected chi connectivity index (χ1v) is 13.0. The number of benzene rings is 1. The lowest BCUT2D eigenvalue weighted by Gasteiger charge is -2.30. The molecule has 182 valence electrons. The topological polar surface area (TPSA) is 95.5 Å². The van der Waals surface area contributed by atoms with E-state index in [4.69, 9.17) is 9.72 Å². The predicted octanol–water partition coefficient (Wildman–Crippen LogP) is 4.26. The first-order valence-electron chi connectivity index (χ1n) is 12.2. The fourth-order valence-corrected chi connectivity index (χ4v) is 5.92. The van der Waals surface area contributed by atoms with E-state index in [-0.39, 0.29) is 11.4 Å². The summed E-state index contributed by atoms with van der Waals surface area (Å²) in [6.07, 6.45) is 4.42. The van der Waals surface area contributed by atoms with Crippen LogP contribution in [-0.4, -0.2) is 52.9 Å². The van der Waals surface area contributed by atoms with Gasteiger partial charge < -0.3 is 25.2 Å². The van der Waals surface area contributed by atoms with Gasteiger partial charge in [-0.25, -0.2) is 4.98 Å². The number of carbonyl (C=O) groups excluding carboxylic acids is 1. The molecule has 0 spiro atoms. The van der Waals surface area contributed by atoms with Crippen molar-refractivity contribution in [1.29, 1.82) is 0 Å². The maximum Gasteiger partial charge on any atom is 0.263 e. The Balaban J connectivity index is 1.24. The third kappa shape index (κ3) is 4.38. The second kappa shape index (κ2) is 8.67. The summed E-state index contributed by atoms with van der Waals surface area (Å²) in [7, 11) is 0. The summed E-state index contributed by atoms with van der Waals surface area (Å²) in [5, 5.41) is 16.1. The molecule has 1 saturated heterocycles. The zero-order valence-corrected chi connectivity index (χ0v) is 20.8. The number of piperidine rings is 1. The van der Waals surface area contributed by atoms with Crippen molar-refractivity contribution < 1.29 is 9.53 Å². The summed E-state index contributed by atoms with van der Waals surface area (Å²) in [5.74, 6) is 2.37. The standard InChI is InChI=1S/C25H29N7O2S/c1-25(2)15-17-22(23(33)28-25)35-24(27-17)32-12-13-34-19-7-6-16(14-18(19)32)26-20-8-9-21(30-29-20)31-10-4-3-5-11-31/h6-9,14H,3-5,10-13,15H2,1-2H3,(H,26,29)(H,28,33). The molecule has 1 amide bonds. The van der Waals surface area contributed by atoms with Crippen LogP contribution in [0, 0.1) is 0 Å². The molecule has 9 nitrogen and oxygen atoms in total. The Morgan fingerprint density at radius 3 is 2.74 bits per heavy atom. The highest BCUT2D eigenvalue weighted by molar-refractivity contribution is 7.17. The Morgan fingerprint density at radius 1 is 1.09 bits per heavy atom. The highest BCUT2D eigenvalue weighted by atomic mass is 32.1. The summed E-state index contributed by atoms with van der Waals surface area (Å²) in [4.78, 5) is 22.6. The fourth-order valence-electron chi connectivity index (χ4n) is 4.90. The van der Waals surface area contributed by atoms with Crippen LogP contribution in [0.3, 0.4) is 0 Å². The van der Waals surface area contributed by atoms with Gasteiger partial charge in [0.1, 0.15) is 17.2 Å². The van der Waals surface area contributed by atoms with E-state index < -0.39 is 0 Å². The number of anilines is 5. The second-order valence-electron chi connectivity index (χ2n) is 9.92. The molecule has 2 N–H and O–H groups in total. The van der Waals surface area contributed by atoms with Gasteiger partial charge in [-0.3, -0.25) is 4.79 Å². The van der Waals surface area contributed by atoms with Gasteiger partial charge in [-0.1, -0.05) is 11.3 Å². The van der Waals surface area contributed by atoms with Crippen LogP contribution in [0.25, 0.3) is 0 Å². The zero-order valence-electron chi connectivity index (χ0n) is 20.0. The number of fused-ring (bicyclic) bond motifs is 2. The summed E-state index contributed by atoms with van der Waals surface area (Å²) in [6.45, 7) is 7.36. The van der Waals surface area contributed by atoms with E-state index in [2.05, 4.69) is 30.6 Å². The lowest BCUT2D eigenvalue weighted by Crippen LogP contribution is -2.48. The third-order valence-electron chi connectivity index (χ3n) is 6.61. The van der Waals surface area contributed by atoms with Crippen molar-refractivity contribution in [3.8, 4) is 5.75 Å². The molecule has 3 aromatic rings. The molecule has 0 bridgehead atoms. The molecule has 3 aliphatic heterocycles. The van der Waals surface area contributed by atoms with Gasteiger partial charge in [-0.05, 0) is 63.4 Å². The van der Waals surface area contributed by atoms with E-state index in [9.17, 15) is 4.79 Å². The number of carbonyl (C=O) groups is 1. The molecule has 3 aliphatic rings. The minimum atomic E-state index is -0.292. The van der Waals surface area contributed by atoms with Gasteiger partial charge in [0.05, 0.1) is 17.9 Å². The average molecular weight is 492 g/mol. The predicted molar refractivity (Wildman–Crippen MR) is 138 cm³/mol. The SMILES string of the molecule is CC1(C)Cc2nc(N3CCOc4ccc(Nc5ccc(N6CCCCC6)nn5)cc43)sc2C(=O)N1. The molecule has 6 rings (SSSR count). The summed E-state index contributed by atoms with van der Waals surface area (Å²) >= 11 is 1.44. The smallest absolute Gasteiger partial charge is 0.263 e. The van der Waals surface area contributed by atoms with Crippen LogP contribution in [0.2, 0.25) is 0 Å². The van der Waals surface area contributed by atoms with Gasteiger partial charge in [0.2, 0.25) is 0 Å². The van der Waals surface area contributed by atoms with Crippen molar-refractivity contribution in [2.75, 3.05) is 41.4 Å². The van der Waals surface area contributed by atoms with Crippen LogP contribution < -0.4 is 25.2 Å². The minimum absolute atomic E-state index is 0.0459. The van der Waals surface area contributed by atoms with E-state index in [0.717, 1.165) is 53.3 Å². The summed E-state index contributed by atoms with van der Waals surface area (Å²) in [5.41, 5.74) is 2.38. The Labute approximate surface area is 208 Å². The molecule has 0 atom stereocenters. The van der Waals surface area contributed by atoms with Crippen LogP contribution >= 0.6 is 11.3 Å². The van der Waals surface area contributed by atoms with Crippen LogP contribution in [0.1, 0.15) is 48.5 Å². The lowest BCUT2D eigenvalue weighted by atomic mass is 9.94. The number of hydrogen-bond donors (Lipinski definition) is 2. The monoisotopic (exact) mass is 491 g/mol. The number of aromatic nitrogens is 3. The highest BCUT2D eigenvalue weighted by Gasteiger charge is 2.34.